The maximum absolute atomic E-state index is 13.2. The number of carbonyl (C=O) groups excluding carboxylic acids is 1. The summed E-state index contributed by atoms with van der Waals surface area (Å²) in [5.74, 6) is 0.392. The van der Waals surface area contributed by atoms with Crippen LogP contribution in [0.25, 0.3) is 0 Å². The maximum Gasteiger partial charge on any atom is 0.237 e. The van der Waals surface area contributed by atoms with Crippen LogP contribution in [0.3, 0.4) is 0 Å². The molecule has 1 saturated heterocycles. The molecule has 2 aliphatic heterocycles. The Hall–Kier alpha value is -1.35. The van der Waals surface area contributed by atoms with Crippen LogP contribution in [0.15, 0.2) is 24.3 Å². The fraction of sp³-hybridized carbons (Fsp3) is 0.588. The van der Waals surface area contributed by atoms with E-state index >= 15 is 0 Å². The quantitative estimate of drug-likeness (QED) is 0.850. The Morgan fingerprint density at radius 3 is 2.55 bits per heavy atom. The Morgan fingerprint density at radius 1 is 1.10 bits per heavy atom. The Morgan fingerprint density at radius 2 is 1.80 bits per heavy atom. The van der Waals surface area contributed by atoms with E-state index < -0.39 is 0 Å². The second-order valence-electron chi connectivity index (χ2n) is 6.46. The molecule has 2 fully saturated rings. The topological polar surface area (TPSA) is 32.3 Å². The number of nitrogens with zero attached hydrogens (tertiary/aromatic N) is 1. The van der Waals surface area contributed by atoms with Gasteiger partial charge >= 0.3 is 0 Å². The molecular formula is C17H22N2O. The zero-order valence-corrected chi connectivity index (χ0v) is 11.9. The van der Waals surface area contributed by atoms with Crippen LogP contribution in [0.5, 0.6) is 0 Å². The van der Waals surface area contributed by atoms with Crippen LogP contribution in [-0.4, -0.2) is 25.0 Å². The molecular weight excluding hydrogens is 248 g/mol. The molecule has 20 heavy (non-hydrogen) atoms. The van der Waals surface area contributed by atoms with Gasteiger partial charge in [-0.3, -0.25) is 4.79 Å². The summed E-state index contributed by atoms with van der Waals surface area (Å²) in [6.45, 7) is 2.06. The molecule has 1 aromatic rings. The second-order valence-corrected chi connectivity index (χ2v) is 6.46. The summed E-state index contributed by atoms with van der Waals surface area (Å²) >= 11 is 0. The summed E-state index contributed by atoms with van der Waals surface area (Å²) in [5.41, 5.74) is 2.33. The Labute approximate surface area is 120 Å². The third-order valence-corrected chi connectivity index (χ3v) is 5.44. The number of nitrogens with one attached hydrogen (secondary N) is 1. The number of benzene rings is 1. The number of amides is 1. The monoisotopic (exact) mass is 270 g/mol. The molecule has 1 aromatic carbocycles. The maximum atomic E-state index is 13.2. The minimum atomic E-state index is -0.179. The van der Waals surface area contributed by atoms with E-state index in [2.05, 4.69) is 34.5 Å². The van der Waals surface area contributed by atoms with Crippen molar-refractivity contribution in [3.05, 3.63) is 29.8 Å². The molecule has 3 heteroatoms. The van der Waals surface area contributed by atoms with Gasteiger partial charge in [0.1, 0.15) is 0 Å². The molecule has 0 unspecified atom stereocenters. The highest BCUT2D eigenvalue weighted by Gasteiger charge is 2.53. The van der Waals surface area contributed by atoms with Gasteiger partial charge in [-0.1, -0.05) is 31.0 Å². The predicted octanol–water partition coefficient (Wildman–Crippen LogP) is 2.60. The number of fused-ring (bicyclic) bond motifs is 2. The van der Waals surface area contributed by atoms with Crippen LogP contribution in [0.4, 0.5) is 5.69 Å². The van der Waals surface area contributed by atoms with Crippen molar-refractivity contribution >= 4 is 11.6 Å². The largest absolute Gasteiger partial charge is 0.317 e. The van der Waals surface area contributed by atoms with Crippen molar-refractivity contribution in [3.63, 3.8) is 0 Å². The summed E-state index contributed by atoms with van der Waals surface area (Å²) in [7, 11) is 0. The van der Waals surface area contributed by atoms with E-state index in [1.807, 2.05) is 0 Å². The van der Waals surface area contributed by atoms with E-state index in [0.717, 1.165) is 38.8 Å². The average molecular weight is 270 g/mol. The average Bonchev–Trinajstić information content (AvgIpc) is 3.07. The number of rotatable bonds is 1. The van der Waals surface area contributed by atoms with Gasteiger partial charge in [0.2, 0.25) is 5.91 Å². The number of hydrogen-bond acceptors (Lipinski definition) is 2. The van der Waals surface area contributed by atoms with Gasteiger partial charge in [0.25, 0.3) is 0 Å². The molecule has 2 heterocycles. The van der Waals surface area contributed by atoms with Gasteiger partial charge in [0, 0.05) is 11.7 Å². The van der Waals surface area contributed by atoms with E-state index in [1.165, 1.54) is 24.1 Å². The van der Waals surface area contributed by atoms with E-state index in [1.54, 1.807) is 0 Å². The van der Waals surface area contributed by atoms with E-state index in [-0.39, 0.29) is 5.41 Å². The van der Waals surface area contributed by atoms with Gasteiger partial charge in [0.05, 0.1) is 5.41 Å². The van der Waals surface area contributed by atoms with E-state index in [0.29, 0.717) is 11.9 Å². The fourth-order valence-corrected chi connectivity index (χ4v) is 4.43. The van der Waals surface area contributed by atoms with E-state index in [4.69, 9.17) is 0 Å². The van der Waals surface area contributed by atoms with Gasteiger partial charge in [-0.15, -0.1) is 0 Å². The van der Waals surface area contributed by atoms with Crippen LogP contribution in [0.1, 0.15) is 44.1 Å². The highest BCUT2D eigenvalue weighted by atomic mass is 16.2. The van der Waals surface area contributed by atoms with Crippen LogP contribution in [-0.2, 0) is 10.2 Å². The van der Waals surface area contributed by atoms with Gasteiger partial charge in [-0.25, -0.2) is 0 Å². The summed E-state index contributed by atoms with van der Waals surface area (Å²) in [6, 6.07) is 8.92. The van der Waals surface area contributed by atoms with Gasteiger partial charge < -0.3 is 10.2 Å². The van der Waals surface area contributed by atoms with Crippen molar-refractivity contribution in [1.82, 2.24) is 5.32 Å². The van der Waals surface area contributed by atoms with Crippen molar-refractivity contribution in [3.8, 4) is 0 Å². The zero-order chi connectivity index (χ0) is 13.6. The third kappa shape index (κ3) is 1.59. The molecule has 0 radical (unpaired) electrons. The Balaban J connectivity index is 1.79. The molecule has 1 N–H and O–H groups in total. The Kier molecular flexibility index (Phi) is 2.84. The van der Waals surface area contributed by atoms with Crippen molar-refractivity contribution in [2.45, 2.75) is 50.0 Å². The first kappa shape index (κ1) is 12.4. The first-order valence-corrected chi connectivity index (χ1v) is 7.97. The Bertz CT molecular complexity index is 528. The molecule has 0 bridgehead atoms. The molecule has 1 saturated carbocycles. The minimum Gasteiger partial charge on any atom is -0.317 e. The highest BCUT2D eigenvalue weighted by Crippen LogP contribution is 2.52. The number of piperidine rings is 1. The van der Waals surface area contributed by atoms with Gasteiger partial charge in [-0.05, 0) is 50.4 Å². The molecule has 1 aliphatic carbocycles. The lowest BCUT2D eigenvalue weighted by Gasteiger charge is -2.33. The summed E-state index contributed by atoms with van der Waals surface area (Å²) < 4.78 is 0. The molecule has 106 valence electrons. The summed E-state index contributed by atoms with van der Waals surface area (Å²) in [5, 5.41) is 3.40. The van der Waals surface area contributed by atoms with E-state index in [9.17, 15) is 4.79 Å². The number of carbonyl (C=O) groups is 1. The summed E-state index contributed by atoms with van der Waals surface area (Å²) in [6.07, 6.45) is 6.64. The number of hydrogen-bond donors (Lipinski definition) is 1. The van der Waals surface area contributed by atoms with Crippen molar-refractivity contribution in [1.29, 1.82) is 0 Å². The minimum absolute atomic E-state index is 0.179. The van der Waals surface area contributed by atoms with Crippen molar-refractivity contribution in [2.24, 2.45) is 0 Å². The van der Waals surface area contributed by atoms with Gasteiger partial charge in [0.15, 0.2) is 0 Å². The molecule has 1 spiro atoms. The lowest BCUT2D eigenvalue weighted by Crippen LogP contribution is -2.48. The van der Waals surface area contributed by atoms with Crippen molar-refractivity contribution < 1.29 is 4.79 Å². The fourth-order valence-electron chi connectivity index (χ4n) is 4.43. The molecule has 1 amide bonds. The number of para-hydroxylation sites is 1. The molecule has 0 aromatic heterocycles. The molecule has 0 atom stereocenters. The smallest absolute Gasteiger partial charge is 0.237 e. The van der Waals surface area contributed by atoms with Gasteiger partial charge in [-0.2, -0.15) is 0 Å². The van der Waals surface area contributed by atoms with Crippen LogP contribution < -0.4 is 10.2 Å². The molecule has 4 rings (SSSR count). The van der Waals surface area contributed by atoms with Crippen molar-refractivity contribution in [2.75, 3.05) is 18.0 Å². The molecule has 3 aliphatic rings. The third-order valence-electron chi connectivity index (χ3n) is 5.44. The first-order valence-electron chi connectivity index (χ1n) is 7.97. The zero-order valence-electron chi connectivity index (χ0n) is 11.9. The lowest BCUT2D eigenvalue weighted by atomic mass is 9.80. The normalized spacial score (nSPS) is 25.4. The predicted molar refractivity (Wildman–Crippen MR) is 80.0 cm³/mol. The number of anilines is 1. The summed E-state index contributed by atoms with van der Waals surface area (Å²) in [4.78, 5) is 15.3. The lowest BCUT2D eigenvalue weighted by molar-refractivity contribution is -0.123. The van der Waals surface area contributed by atoms with Crippen LogP contribution in [0, 0.1) is 0 Å². The second kappa shape index (κ2) is 4.59. The SMILES string of the molecule is O=C1N(C2CCNCC2)c2ccccc2C12CCCC2. The highest BCUT2D eigenvalue weighted by molar-refractivity contribution is 6.08. The molecule has 3 nitrogen and oxygen atoms in total. The standard InChI is InChI=1S/C17H22N2O/c20-16-17(9-3-4-10-17)14-5-1-2-6-15(14)19(16)13-7-11-18-12-8-13/h1-2,5-6,13,18H,3-4,7-12H2. The van der Waals surface area contributed by atoms with Crippen LogP contribution in [0.2, 0.25) is 0 Å². The first-order chi connectivity index (χ1) is 9.83. The van der Waals surface area contributed by atoms with Crippen LogP contribution >= 0.6 is 0 Å².